The summed E-state index contributed by atoms with van der Waals surface area (Å²) in [5.41, 5.74) is 1.47. The molecule has 0 bridgehead atoms. The molecule has 1 aromatic rings. The van der Waals surface area contributed by atoms with E-state index in [-0.39, 0.29) is 0 Å². The molecule has 0 radical (unpaired) electrons. The zero-order chi connectivity index (χ0) is 12.7. The molecular formula is C14H21ClN2S. The number of hydrogen-bond donors (Lipinski definition) is 1. The molecule has 1 saturated heterocycles. The Labute approximate surface area is 118 Å². The van der Waals surface area contributed by atoms with E-state index in [1.54, 1.807) is 11.3 Å². The summed E-state index contributed by atoms with van der Waals surface area (Å²) in [4.78, 5) is 3.93. The van der Waals surface area contributed by atoms with E-state index in [4.69, 9.17) is 11.6 Å². The van der Waals surface area contributed by atoms with Crippen molar-refractivity contribution in [1.29, 1.82) is 0 Å². The molecule has 1 fully saturated rings. The monoisotopic (exact) mass is 284 g/mol. The number of aryl methyl sites for hydroxylation is 1. The van der Waals surface area contributed by atoms with Gasteiger partial charge in [0.2, 0.25) is 0 Å². The van der Waals surface area contributed by atoms with Gasteiger partial charge in [-0.05, 0) is 50.4 Å². The average molecular weight is 285 g/mol. The standard InChI is InChI=1S/C14H21ClN2S/c1-9-8-17(2)6-5-11(9)16-12-3-4-13-10(12)7-14(15)18-13/h7,9,11-12,16H,3-6,8H2,1-2H3. The minimum absolute atomic E-state index is 0.541. The van der Waals surface area contributed by atoms with Gasteiger partial charge in [-0.2, -0.15) is 0 Å². The number of nitrogens with one attached hydrogen (secondary N) is 1. The lowest BCUT2D eigenvalue weighted by molar-refractivity contribution is 0.166. The van der Waals surface area contributed by atoms with Crippen molar-refractivity contribution in [3.63, 3.8) is 0 Å². The molecule has 1 N–H and O–H groups in total. The molecule has 2 aliphatic rings. The molecule has 1 aliphatic heterocycles. The Balaban J connectivity index is 1.67. The van der Waals surface area contributed by atoms with Crippen molar-refractivity contribution in [3.8, 4) is 0 Å². The van der Waals surface area contributed by atoms with Crippen molar-refractivity contribution >= 4 is 22.9 Å². The lowest BCUT2D eigenvalue weighted by atomic mass is 9.93. The van der Waals surface area contributed by atoms with Gasteiger partial charge in [0, 0.05) is 23.5 Å². The highest BCUT2D eigenvalue weighted by Gasteiger charge is 2.30. The quantitative estimate of drug-likeness (QED) is 0.896. The number of thiophene rings is 1. The predicted octanol–water partition coefficient (Wildman–Crippen LogP) is 3.32. The number of piperidine rings is 1. The van der Waals surface area contributed by atoms with Crippen LogP contribution in [0.5, 0.6) is 0 Å². The van der Waals surface area contributed by atoms with Crippen molar-refractivity contribution in [2.24, 2.45) is 5.92 Å². The van der Waals surface area contributed by atoms with Gasteiger partial charge in [-0.15, -0.1) is 11.3 Å². The first kappa shape index (κ1) is 12.9. The van der Waals surface area contributed by atoms with Crippen LogP contribution in [0.25, 0.3) is 0 Å². The largest absolute Gasteiger partial charge is 0.307 e. The second-order valence-electron chi connectivity index (χ2n) is 5.82. The Kier molecular flexibility index (Phi) is 3.68. The van der Waals surface area contributed by atoms with Crippen LogP contribution in [0.1, 0.15) is 36.2 Å². The molecule has 0 spiro atoms. The van der Waals surface area contributed by atoms with Gasteiger partial charge in [-0.25, -0.2) is 0 Å². The third kappa shape index (κ3) is 2.46. The van der Waals surface area contributed by atoms with Crippen LogP contribution in [0.2, 0.25) is 4.34 Å². The Hall–Kier alpha value is -0.0900. The fraction of sp³-hybridized carbons (Fsp3) is 0.714. The first-order valence-electron chi connectivity index (χ1n) is 6.86. The van der Waals surface area contributed by atoms with Crippen molar-refractivity contribution in [1.82, 2.24) is 10.2 Å². The topological polar surface area (TPSA) is 15.3 Å². The van der Waals surface area contributed by atoms with Gasteiger partial charge >= 0.3 is 0 Å². The van der Waals surface area contributed by atoms with Gasteiger partial charge in [0.1, 0.15) is 0 Å². The molecule has 3 unspecified atom stereocenters. The number of likely N-dealkylation sites (tertiary alicyclic amines) is 1. The molecule has 18 heavy (non-hydrogen) atoms. The van der Waals surface area contributed by atoms with Gasteiger partial charge < -0.3 is 10.2 Å². The summed E-state index contributed by atoms with van der Waals surface area (Å²) >= 11 is 7.88. The zero-order valence-corrected chi connectivity index (χ0v) is 12.7. The van der Waals surface area contributed by atoms with Crippen LogP contribution in [-0.4, -0.2) is 31.1 Å². The van der Waals surface area contributed by atoms with Gasteiger partial charge in [-0.1, -0.05) is 18.5 Å². The minimum Gasteiger partial charge on any atom is -0.307 e. The minimum atomic E-state index is 0.541. The second kappa shape index (κ2) is 5.12. The van der Waals surface area contributed by atoms with Gasteiger partial charge in [0.25, 0.3) is 0 Å². The maximum Gasteiger partial charge on any atom is 0.0934 e. The van der Waals surface area contributed by atoms with Crippen LogP contribution >= 0.6 is 22.9 Å². The third-order valence-electron chi connectivity index (χ3n) is 4.37. The summed E-state index contributed by atoms with van der Waals surface area (Å²) in [6, 6.07) is 3.38. The van der Waals surface area contributed by atoms with E-state index in [9.17, 15) is 0 Å². The van der Waals surface area contributed by atoms with Gasteiger partial charge in [0.15, 0.2) is 0 Å². The highest BCUT2D eigenvalue weighted by atomic mass is 35.5. The summed E-state index contributed by atoms with van der Waals surface area (Å²) < 4.78 is 0.947. The molecule has 0 aromatic carbocycles. The van der Waals surface area contributed by atoms with Crippen LogP contribution in [0.3, 0.4) is 0 Å². The molecule has 0 saturated carbocycles. The molecule has 0 amide bonds. The van der Waals surface area contributed by atoms with E-state index in [1.807, 2.05) is 0 Å². The number of nitrogens with zero attached hydrogens (tertiary/aromatic N) is 1. The molecule has 2 heterocycles. The van der Waals surface area contributed by atoms with Crippen LogP contribution in [-0.2, 0) is 6.42 Å². The third-order valence-corrected chi connectivity index (χ3v) is 5.71. The number of fused-ring (bicyclic) bond motifs is 1. The normalized spacial score (nSPS) is 32.7. The van der Waals surface area contributed by atoms with Crippen LogP contribution in [0.15, 0.2) is 6.07 Å². The molecular weight excluding hydrogens is 264 g/mol. The average Bonchev–Trinajstić information content (AvgIpc) is 2.83. The Morgan fingerprint density at radius 3 is 3.06 bits per heavy atom. The highest BCUT2D eigenvalue weighted by molar-refractivity contribution is 7.16. The van der Waals surface area contributed by atoms with Crippen LogP contribution < -0.4 is 5.32 Å². The first-order valence-corrected chi connectivity index (χ1v) is 8.05. The van der Waals surface area contributed by atoms with Crippen LogP contribution in [0.4, 0.5) is 0 Å². The van der Waals surface area contributed by atoms with Crippen LogP contribution in [0, 0.1) is 5.92 Å². The summed E-state index contributed by atoms with van der Waals surface area (Å²) in [7, 11) is 2.22. The molecule has 2 nitrogen and oxygen atoms in total. The smallest absolute Gasteiger partial charge is 0.0934 e. The molecule has 4 heteroatoms. The lowest BCUT2D eigenvalue weighted by Gasteiger charge is -2.37. The predicted molar refractivity (Wildman–Crippen MR) is 78.6 cm³/mol. The summed E-state index contributed by atoms with van der Waals surface area (Å²) in [5.74, 6) is 0.738. The lowest BCUT2D eigenvalue weighted by Crippen LogP contribution is -2.47. The van der Waals surface area contributed by atoms with E-state index in [0.29, 0.717) is 12.1 Å². The maximum atomic E-state index is 6.12. The number of hydrogen-bond acceptors (Lipinski definition) is 3. The van der Waals surface area contributed by atoms with E-state index >= 15 is 0 Å². The Morgan fingerprint density at radius 1 is 1.44 bits per heavy atom. The van der Waals surface area contributed by atoms with Crippen molar-refractivity contribution in [2.75, 3.05) is 20.1 Å². The summed E-state index contributed by atoms with van der Waals surface area (Å²) in [5, 5.41) is 3.88. The van der Waals surface area contributed by atoms with Crippen molar-refractivity contribution in [2.45, 2.75) is 38.3 Å². The fourth-order valence-electron chi connectivity index (χ4n) is 3.36. The summed E-state index contributed by atoms with van der Waals surface area (Å²) in [6.07, 6.45) is 3.71. The van der Waals surface area contributed by atoms with E-state index < -0.39 is 0 Å². The molecule has 3 rings (SSSR count). The number of rotatable bonds is 2. The van der Waals surface area contributed by atoms with E-state index in [2.05, 4.69) is 30.3 Å². The molecule has 3 atom stereocenters. The zero-order valence-electron chi connectivity index (χ0n) is 11.1. The van der Waals surface area contributed by atoms with Crippen molar-refractivity contribution < 1.29 is 0 Å². The highest BCUT2D eigenvalue weighted by Crippen LogP contribution is 2.40. The van der Waals surface area contributed by atoms with Crippen molar-refractivity contribution in [3.05, 3.63) is 20.8 Å². The molecule has 1 aromatic heterocycles. The number of halogens is 1. The van der Waals surface area contributed by atoms with Gasteiger partial charge in [-0.3, -0.25) is 0 Å². The molecule has 1 aliphatic carbocycles. The molecule has 100 valence electrons. The Bertz CT molecular complexity index is 431. The van der Waals surface area contributed by atoms with E-state index in [1.165, 1.54) is 42.8 Å². The Morgan fingerprint density at radius 2 is 2.28 bits per heavy atom. The van der Waals surface area contributed by atoms with E-state index in [0.717, 1.165) is 10.3 Å². The van der Waals surface area contributed by atoms with Gasteiger partial charge in [0.05, 0.1) is 4.34 Å². The first-order chi connectivity index (χ1) is 8.63. The maximum absolute atomic E-state index is 6.12. The SMILES string of the molecule is CC1CN(C)CCC1NC1CCc2sc(Cl)cc21. The summed E-state index contributed by atoms with van der Waals surface area (Å²) in [6.45, 7) is 4.79. The fourth-order valence-corrected chi connectivity index (χ4v) is 4.72. The second-order valence-corrected chi connectivity index (χ2v) is 7.59.